The third-order valence-electron chi connectivity index (χ3n) is 6.27. The van der Waals surface area contributed by atoms with Crippen molar-refractivity contribution in [2.24, 2.45) is 17.8 Å². The molecule has 0 radical (unpaired) electrons. The van der Waals surface area contributed by atoms with Crippen LogP contribution in [0.3, 0.4) is 0 Å². The molecule has 2 bridgehead atoms. The van der Waals surface area contributed by atoms with Gasteiger partial charge in [-0.05, 0) is 70.8 Å². The Balaban J connectivity index is 1.44. The van der Waals surface area contributed by atoms with Crippen molar-refractivity contribution in [3.8, 4) is 5.95 Å². The summed E-state index contributed by atoms with van der Waals surface area (Å²) in [7, 11) is 0. The molecule has 2 aromatic heterocycles. The molecule has 0 aromatic carbocycles. The summed E-state index contributed by atoms with van der Waals surface area (Å²) in [6, 6.07) is 1.93. The van der Waals surface area contributed by atoms with E-state index < -0.39 is 0 Å². The first-order valence-corrected chi connectivity index (χ1v) is 9.94. The van der Waals surface area contributed by atoms with Crippen molar-refractivity contribution in [1.82, 2.24) is 19.7 Å². The Morgan fingerprint density at radius 2 is 1.89 bits per heavy atom. The molecule has 0 N–H and O–H groups in total. The zero-order chi connectivity index (χ0) is 19.1. The first-order chi connectivity index (χ1) is 12.9. The fraction of sp³-hybridized carbons (Fsp3) is 0.619. The molecule has 0 saturated heterocycles. The van der Waals surface area contributed by atoms with E-state index >= 15 is 0 Å². The largest absolute Gasteiger partial charge is 0.465 e. The summed E-state index contributed by atoms with van der Waals surface area (Å²) < 4.78 is 7.37. The van der Waals surface area contributed by atoms with Gasteiger partial charge in [0.1, 0.15) is 0 Å². The molecular formula is C21H28N4O2. The molecule has 2 aliphatic rings. The van der Waals surface area contributed by atoms with Gasteiger partial charge in [-0.2, -0.15) is 5.10 Å². The van der Waals surface area contributed by atoms with E-state index in [0.29, 0.717) is 18.5 Å². The third-order valence-corrected chi connectivity index (χ3v) is 6.27. The Labute approximate surface area is 160 Å². The Bertz CT molecular complexity index is 853. The quantitative estimate of drug-likeness (QED) is 0.756. The van der Waals surface area contributed by atoms with Crippen LogP contribution in [0.5, 0.6) is 0 Å². The first-order valence-electron chi connectivity index (χ1n) is 9.94. The molecule has 0 aliphatic heterocycles. The third kappa shape index (κ3) is 3.62. The van der Waals surface area contributed by atoms with Crippen LogP contribution >= 0.6 is 0 Å². The molecule has 0 unspecified atom stereocenters. The van der Waals surface area contributed by atoms with Gasteiger partial charge in [0.15, 0.2) is 0 Å². The summed E-state index contributed by atoms with van der Waals surface area (Å²) >= 11 is 0. The number of hydrogen-bond acceptors (Lipinski definition) is 5. The molecule has 6 heteroatoms. The Morgan fingerprint density at radius 1 is 1.15 bits per heavy atom. The van der Waals surface area contributed by atoms with Crippen LogP contribution < -0.4 is 0 Å². The van der Waals surface area contributed by atoms with E-state index in [-0.39, 0.29) is 12.4 Å². The van der Waals surface area contributed by atoms with Gasteiger partial charge in [0, 0.05) is 22.6 Å². The van der Waals surface area contributed by atoms with Crippen LogP contribution in [0, 0.1) is 45.4 Å². The minimum Gasteiger partial charge on any atom is -0.465 e. The molecule has 2 aliphatic carbocycles. The van der Waals surface area contributed by atoms with Crippen LogP contribution in [-0.2, 0) is 16.0 Å². The summed E-state index contributed by atoms with van der Waals surface area (Å²) in [4.78, 5) is 21.4. The minimum absolute atomic E-state index is 0.162. The maximum Gasteiger partial charge on any atom is 0.310 e. The predicted octanol–water partition coefficient (Wildman–Crippen LogP) is 3.42. The SMILES string of the molecule is Cc1cc(C)nc(-n2nc(C)c(CC(=O)OC[C@@H]3C[C@H]4CC[C@H]3C4)c2C)n1. The number of aryl methyl sites for hydroxylation is 3. The van der Waals surface area contributed by atoms with Gasteiger partial charge in [0.25, 0.3) is 5.95 Å². The molecule has 144 valence electrons. The molecular weight excluding hydrogens is 340 g/mol. The lowest BCUT2D eigenvalue weighted by atomic mass is 9.89. The normalized spacial score (nSPS) is 23.8. The predicted molar refractivity (Wildman–Crippen MR) is 102 cm³/mol. The number of rotatable bonds is 5. The summed E-state index contributed by atoms with van der Waals surface area (Å²) in [6.07, 6.45) is 5.51. The lowest BCUT2D eigenvalue weighted by Crippen LogP contribution is -2.20. The summed E-state index contributed by atoms with van der Waals surface area (Å²) in [5.41, 5.74) is 4.44. The number of carbonyl (C=O) groups excluding carboxylic acids is 1. The van der Waals surface area contributed by atoms with Crippen molar-refractivity contribution in [2.45, 2.75) is 59.8 Å². The van der Waals surface area contributed by atoms with Gasteiger partial charge in [0.2, 0.25) is 0 Å². The van der Waals surface area contributed by atoms with E-state index in [4.69, 9.17) is 4.74 Å². The van der Waals surface area contributed by atoms with Gasteiger partial charge >= 0.3 is 5.97 Å². The lowest BCUT2D eigenvalue weighted by Gasteiger charge is -2.21. The van der Waals surface area contributed by atoms with Gasteiger partial charge in [-0.25, -0.2) is 14.6 Å². The Hall–Kier alpha value is -2.24. The van der Waals surface area contributed by atoms with Crippen LogP contribution in [0.25, 0.3) is 5.95 Å². The number of aromatic nitrogens is 4. The van der Waals surface area contributed by atoms with Crippen molar-refractivity contribution < 1.29 is 9.53 Å². The van der Waals surface area contributed by atoms with E-state index in [2.05, 4.69) is 15.1 Å². The fourth-order valence-electron chi connectivity index (χ4n) is 4.90. The second-order valence-electron chi connectivity index (χ2n) is 8.31. The average Bonchev–Trinajstić information content (AvgIpc) is 3.30. The lowest BCUT2D eigenvalue weighted by molar-refractivity contribution is -0.144. The highest BCUT2D eigenvalue weighted by Gasteiger charge is 2.39. The number of esters is 1. The van der Waals surface area contributed by atoms with Crippen molar-refractivity contribution in [2.75, 3.05) is 6.61 Å². The summed E-state index contributed by atoms with van der Waals surface area (Å²) in [6.45, 7) is 8.34. The molecule has 2 heterocycles. The number of fused-ring (bicyclic) bond motifs is 2. The number of carbonyl (C=O) groups is 1. The van der Waals surface area contributed by atoms with Crippen molar-refractivity contribution >= 4 is 5.97 Å². The summed E-state index contributed by atoms with van der Waals surface area (Å²) in [5, 5.41) is 4.57. The molecule has 3 atom stereocenters. The molecule has 0 amide bonds. The molecule has 2 aromatic rings. The van der Waals surface area contributed by atoms with Crippen LogP contribution in [0.2, 0.25) is 0 Å². The van der Waals surface area contributed by atoms with Crippen LogP contribution in [-0.4, -0.2) is 32.3 Å². The van der Waals surface area contributed by atoms with E-state index in [0.717, 1.165) is 40.2 Å². The highest BCUT2D eigenvalue weighted by Crippen LogP contribution is 2.48. The smallest absolute Gasteiger partial charge is 0.310 e. The second kappa shape index (κ2) is 7.06. The topological polar surface area (TPSA) is 69.9 Å². The van der Waals surface area contributed by atoms with Crippen molar-refractivity contribution in [3.63, 3.8) is 0 Å². The Morgan fingerprint density at radius 3 is 2.52 bits per heavy atom. The van der Waals surface area contributed by atoms with Crippen molar-refractivity contribution in [3.05, 3.63) is 34.4 Å². The summed E-state index contributed by atoms with van der Waals surface area (Å²) in [5.74, 6) is 2.61. The zero-order valence-electron chi connectivity index (χ0n) is 16.7. The van der Waals surface area contributed by atoms with Gasteiger partial charge in [-0.1, -0.05) is 6.42 Å². The number of nitrogens with zero attached hydrogens (tertiary/aromatic N) is 4. The molecule has 4 rings (SSSR count). The van der Waals surface area contributed by atoms with E-state index in [9.17, 15) is 4.79 Å². The average molecular weight is 368 g/mol. The molecule has 0 spiro atoms. The minimum atomic E-state index is -0.162. The zero-order valence-corrected chi connectivity index (χ0v) is 16.7. The van der Waals surface area contributed by atoms with E-state index in [1.54, 1.807) is 4.68 Å². The van der Waals surface area contributed by atoms with Gasteiger partial charge in [0.05, 0.1) is 18.7 Å². The first kappa shape index (κ1) is 18.1. The molecule has 2 saturated carbocycles. The monoisotopic (exact) mass is 368 g/mol. The highest BCUT2D eigenvalue weighted by molar-refractivity contribution is 5.73. The maximum atomic E-state index is 12.4. The molecule has 27 heavy (non-hydrogen) atoms. The van der Waals surface area contributed by atoms with Crippen molar-refractivity contribution in [1.29, 1.82) is 0 Å². The maximum absolute atomic E-state index is 12.4. The van der Waals surface area contributed by atoms with Gasteiger partial charge in [-0.15, -0.1) is 0 Å². The van der Waals surface area contributed by atoms with Gasteiger partial charge < -0.3 is 4.74 Å². The number of ether oxygens (including phenoxy) is 1. The molecule has 2 fully saturated rings. The standard InChI is InChI=1S/C21H28N4O2/c1-12-7-13(2)23-21(22-12)25-15(4)19(14(3)24-25)10-20(26)27-11-18-9-16-5-6-17(18)8-16/h7,16-18H,5-6,8-11H2,1-4H3/t16-,17-,18-/m0/s1. The van der Waals surface area contributed by atoms with E-state index in [1.807, 2.05) is 33.8 Å². The fourth-order valence-corrected chi connectivity index (χ4v) is 4.90. The Kier molecular flexibility index (Phi) is 4.74. The van der Waals surface area contributed by atoms with E-state index in [1.165, 1.54) is 25.7 Å². The second-order valence-corrected chi connectivity index (χ2v) is 8.31. The van der Waals surface area contributed by atoms with Crippen LogP contribution in [0.1, 0.15) is 54.0 Å². The van der Waals surface area contributed by atoms with Crippen LogP contribution in [0.15, 0.2) is 6.07 Å². The highest BCUT2D eigenvalue weighted by atomic mass is 16.5. The molecule has 6 nitrogen and oxygen atoms in total. The number of hydrogen-bond donors (Lipinski definition) is 0. The van der Waals surface area contributed by atoms with Crippen LogP contribution in [0.4, 0.5) is 0 Å². The van der Waals surface area contributed by atoms with Gasteiger partial charge in [-0.3, -0.25) is 4.79 Å².